The lowest BCUT2D eigenvalue weighted by Crippen LogP contribution is -2.46. The summed E-state index contributed by atoms with van der Waals surface area (Å²) in [5.41, 5.74) is 1.04. The predicted octanol–water partition coefficient (Wildman–Crippen LogP) is 2.17. The van der Waals surface area contributed by atoms with Crippen LogP contribution in [0, 0.1) is 5.92 Å². The number of rotatable bonds is 4. The van der Waals surface area contributed by atoms with Gasteiger partial charge in [0.05, 0.1) is 6.67 Å². The monoisotopic (exact) mass is 325 g/mol. The summed E-state index contributed by atoms with van der Waals surface area (Å²) in [7, 11) is 1.75. The van der Waals surface area contributed by atoms with Crippen LogP contribution in [0.4, 0.5) is 4.79 Å². The molecule has 2 atom stereocenters. The van der Waals surface area contributed by atoms with E-state index < -0.39 is 6.04 Å². The molecular weight excluding hydrogens is 302 g/mol. The Morgan fingerprint density at radius 2 is 1.96 bits per heavy atom. The first-order valence-corrected chi connectivity index (χ1v) is 8.31. The van der Waals surface area contributed by atoms with Crippen molar-refractivity contribution in [1.29, 1.82) is 0 Å². The molecule has 2 unspecified atom stereocenters. The van der Waals surface area contributed by atoms with Crippen molar-refractivity contribution in [3.63, 3.8) is 0 Å². The maximum absolute atomic E-state index is 12.6. The molecule has 126 valence electrons. The molecule has 0 saturated carbocycles. The Hall–Kier alpha value is -2.56. The second kappa shape index (κ2) is 7.34. The highest BCUT2D eigenvalue weighted by Gasteiger charge is 2.32. The van der Waals surface area contributed by atoms with Gasteiger partial charge in [-0.1, -0.05) is 54.6 Å². The van der Waals surface area contributed by atoms with Crippen LogP contribution < -0.4 is 5.32 Å². The van der Waals surface area contributed by atoms with Crippen LogP contribution in [0.2, 0.25) is 0 Å². The molecular formula is C19H23N3O2. The van der Waals surface area contributed by atoms with Crippen molar-refractivity contribution in [3.8, 4) is 0 Å². The van der Waals surface area contributed by atoms with Crippen LogP contribution in [-0.2, 0) is 11.2 Å². The van der Waals surface area contributed by atoms with E-state index in [2.05, 4.69) is 17.5 Å². The Kier molecular flexibility index (Phi) is 4.99. The number of hydrogen-bond donors (Lipinski definition) is 1. The largest absolute Gasteiger partial charge is 0.326 e. The van der Waals surface area contributed by atoms with Gasteiger partial charge in [0.1, 0.15) is 6.04 Å². The van der Waals surface area contributed by atoms with Crippen molar-refractivity contribution >= 4 is 11.9 Å². The van der Waals surface area contributed by atoms with E-state index in [9.17, 15) is 9.59 Å². The van der Waals surface area contributed by atoms with Crippen molar-refractivity contribution < 1.29 is 9.59 Å². The average molecular weight is 325 g/mol. The number of allylic oxidation sites excluding steroid dienone is 3. The van der Waals surface area contributed by atoms with E-state index in [0.29, 0.717) is 25.6 Å². The first-order valence-electron chi connectivity index (χ1n) is 8.31. The minimum atomic E-state index is -0.517. The van der Waals surface area contributed by atoms with E-state index in [-0.39, 0.29) is 11.9 Å². The van der Waals surface area contributed by atoms with Crippen LogP contribution in [-0.4, -0.2) is 48.0 Å². The molecule has 0 radical (unpaired) electrons. The molecule has 5 heteroatoms. The molecule has 1 heterocycles. The smallest absolute Gasteiger partial charge is 0.319 e. The van der Waals surface area contributed by atoms with E-state index in [4.69, 9.17) is 0 Å². The van der Waals surface area contributed by atoms with Crippen molar-refractivity contribution in [2.75, 3.05) is 20.3 Å². The van der Waals surface area contributed by atoms with Gasteiger partial charge in [0.2, 0.25) is 5.91 Å². The van der Waals surface area contributed by atoms with Gasteiger partial charge >= 0.3 is 6.03 Å². The van der Waals surface area contributed by atoms with Gasteiger partial charge in [-0.3, -0.25) is 4.79 Å². The van der Waals surface area contributed by atoms with E-state index in [1.54, 1.807) is 16.8 Å². The molecule has 1 aromatic carbocycles. The van der Waals surface area contributed by atoms with Gasteiger partial charge < -0.3 is 15.1 Å². The van der Waals surface area contributed by atoms with Crippen LogP contribution in [0.25, 0.3) is 0 Å². The van der Waals surface area contributed by atoms with Crippen LogP contribution >= 0.6 is 0 Å². The molecule has 3 rings (SSSR count). The molecule has 0 aromatic heterocycles. The van der Waals surface area contributed by atoms with E-state index in [1.165, 1.54) is 0 Å². The molecule has 1 aliphatic heterocycles. The van der Waals surface area contributed by atoms with Crippen molar-refractivity contribution in [2.45, 2.75) is 18.9 Å². The molecule has 3 amide bonds. The average Bonchev–Trinajstić information content (AvgIpc) is 2.69. The molecule has 0 bridgehead atoms. The second-order valence-corrected chi connectivity index (χ2v) is 6.40. The third kappa shape index (κ3) is 3.85. The second-order valence-electron chi connectivity index (χ2n) is 6.40. The number of hydrogen-bond acceptors (Lipinski definition) is 2. The molecule has 1 N–H and O–H groups in total. The maximum atomic E-state index is 12.6. The lowest BCUT2D eigenvalue weighted by atomic mass is 10.0. The standard InChI is InChI=1S/C19H23N3O2/c1-21-14-22(13-16-10-6-3-7-11-16)19(24)20-17(18(21)23)12-15-8-4-2-5-9-15/h2-10,16-17H,11-14H2,1H3,(H,20,24). The molecule has 1 saturated heterocycles. The number of carbonyl (C=O) groups excluding carboxylic acids is 2. The summed E-state index contributed by atoms with van der Waals surface area (Å²) < 4.78 is 0. The number of benzene rings is 1. The van der Waals surface area contributed by atoms with Crippen molar-refractivity contribution in [3.05, 3.63) is 60.2 Å². The minimum absolute atomic E-state index is 0.0474. The summed E-state index contributed by atoms with van der Waals surface area (Å²) in [6.07, 6.45) is 9.68. The number of nitrogens with zero attached hydrogens (tertiary/aromatic N) is 2. The van der Waals surface area contributed by atoms with Crippen LogP contribution in [0.1, 0.15) is 12.0 Å². The Labute approximate surface area is 142 Å². The maximum Gasteiger partial charge on any atom is 0.319 e. The third-order valence-electron chi connectivity index (χ3n) is 4.45. The first-order chi connectivity index (χ1) is 11.6. The molecule has 0 spiro atoms. The quantitative estimate of drug-likeness (QED) is 0.922. The van der Waals surface area contributed by atoms with Gasteiger partial charge in [0, 0.05) is 20.0 Å². The summed E-state index contributed by atoms with van der Waals surface area (Å²) >= 11 is 0. The number of urea groups is 1. The Balaban J connectivity index is 1.69. The molecule has 2 aliphatic rings. The topological polar surface area (TPSA) is 52.6 Å². The lowest BCUT2D eigenvalue weighted by Gasteiger charge is -2.27. The van der Waals surface area contributed by atoms with E-state index in [0.717, 1.165) is 12.0 Å². The number of amides is 3. The van der Waals surface area contributed by atoms with Crippen molar-refractivity contribution in [1.82, 2.24) is 15.1 Å². The fourth-order valence-corrected chi connectivity index (χ4v) is 3.14. The Morgan fingerprint density at radius 3 is 2.67 bits per heavy atom. The van der Waals surface area contributed by atoms with Gasteiger partial charge in [-0.25, -0.2) is 4.79 Å². The van der Waals surface area contributed by atoms with Crippen LogP contribution in [0.3, 0.4) is 0 Å². The molecule has 1 fully saturated rings. The van der Waals surface area contributed by atoms with Gasteiger partial charge in [0.25, 0.3) is 0 Å². The summed E-state index contributed by atoms with van der Waals surface area (Å²) in [5, 5.41) is 2.90. The summed E-state index contributed by atoms with van der Waals surface area (Å²) in [4.78, 5) is 28.5. The zero-order chi connectivity index (χ0) is 16.9. The van der Waals surface area contributed by atoms with E-state index in [1.807, 2.05) is 42.5 Å². The predicted molar refractivity (Wildman–Crippen MR) is 93.2 cm³/mol. The van der Waals surface area contributed by atoms with Gasteiger partial charge in [-0.05, 0) is 17.9 Å². The molecule has 5 nitrogen and oxygen atoms in total. The summed E-state index contributed by atoms with van der Waals surface area (Å²) in [6, 6.07) is 9.09. The van der Waals surface area contributed by atoms with Gasteiger partial charge in [-0.2, -0.15) is 0 Å². The minimum Gasteiger partial charge on any atom is -0.326 e. The van der Waals surface area contributed by atoms with Crippen LogP contribution in [0.15, 0.2) is 54.6 Å². The zero-order valence-electron chi connectivity index (χ0n) is 13.9. The first kappa shape index (κ1) is 16.3. The van der Waals surface area contributed by atoms with E-state index >= 15 is 0 Å². The summed E-state index contributed by atoms with van der Waals surface area (Å²) in [6.45, 7) is 0.937. The highest BCUT2D eigenvalue weighted by Crippen LogP contribution is 2.16. The lowest BCUT2D eigenvalue weighted by molar-refractivity contribution is -0.132. The number of likely N-dealkylation sites (N-methyl/N-ethyl adjacent to an activating group) is 1. The molecule has 1 aromatic rings. The normalized spacial score (nSPS) is 24.0. The Bertz CT molecular complexity index is 654. The fraction of sp³-hybridized carbons (Fsp3) is 0.368. The summed E-state index contributed by atoms with van der Waals surface area (Å²) in [5.74, 6) is 0.253. The van der Waals surface area contributed by atoms with Crippen LogP contribution in [0.5, 0.6) is 0 Å². The van der Waals surface area contributed by atoms with Crippen molar-refractivity contribution in [2.24, 2.45) is 5.92 Å². The zero-order valence-corrected chi connectivity index (χ0v) is 13.9. The SMILES string of the molecule is CN1CN(CC2C=CC=CC2)C(=O)NC(Cc2ccccc2)C1=O. The molecule has 1 aliphatic carbocycles. The van der Waals surface area contributed by atoms with Gasteiger partial charge in [0.15, 0.2) is 0 Å². The molecule has 24 heavy (non-hydrogen) atoms. The highest BCUT2D eigenvalue weighted by atomic mass is 16.2. The fourth-order valence-electron chi connectivity index (χ4n) is 3.14. The van der Waals surface area contributed by atoms with Gasteiger partial charge in [-0.15, -0.1) is 0 Å². The Morgan fingerprint density at radius 1 is 1.17 bits per heavy atom. The number of nitrogens with one attached hydrogen (secondary N) is 1. The third-order valence-corrected chi connectivity index (χ3v) is 4.45. The number of carbonyl (C=O) groups is 2. The highest BCUT2D eigenvalue weighted by molar-refractivity contribution is 5.89.